The first-order valence-electron chi connectivity index (χ1n) is 11.7. The Bertz CT molecular complexity index is 1260. The summed E-state index contributed by atoms with van der Waals surface area (Å²) in [4.78, 5) is 25.2. The van der Waals surface area contributed by atoms with Crippen LogP contribution in [0.4, 0.5) is 26.4 Å². The molecule has 9 nitrogen and oxygen atoms in total. The molecule has 2 fully saturated rings. The standard InChI is InChI=1S/C23H25Cl2F2N7O2/c24-12-7-14(25)19(15(26)8-12)32-23-31-18-9-29-22(30-17-5-6-36-10-16(17)27)33-21(18)34(23)13-3-1-11(2-4-13)20(28)35/h7-9,11,13,16-17H,1-6,10H2,(H2,28,35)(H,31,32)(H,29,30,33)/t11-,13+,16-,17-/m1/s1. The van der Waals surface area contributed by atoms with Crippen molar-refractivity contribution in [2.24, 2.45) is 11.7 Å². The van der Waals surface area contributed by atoms with Gasteiger partial charge in [-0.1, -0.05) is 23.2 Å². The smallest absolute Gasteiger partial charge is 0.225 e. The lowest BCUT2D eigenvalue weighted by Crippen LogP contribution is -2.39. The van der Waals surface area contributed by atoms with Crippen LogP contribution in [0.3, 0.4) is 0 Å². The normalized spacial score (nSPS) is 24.6. The van der Waals surface area contributed by atoms with Crippen LogP contribution in [0, 0.1) is 11.7 Å². The van der Waals surface area contributed by atoms with Crippen molar-refractivity contribution in [1.82, 2.24) is 19.5 Å². The van der Waals surface area contributed by atoms with E-state index in [-0.39, 0.29) is 46.2 Å². The lowest BCUT2D eigenvalue weighted by Gasteiger charge is -2.29. The molecular formula is C23H25Cl2F2N7O2. The number of nitrogens with two attached hydrogens (primary N) is 1. The van der Waals surface area contributed by atoms with E-state index in [1.165, 1.54) is 12.3 Å². The van der Waals surface area contributed by atoms with Gasteiger partial charge in [0, 0.05) is 23.6 Å². The monoisotopic (exact) mass is 539 g/mol. The van der Waals surface area contributed by atoms with Crippen molar-refractivity contribution in [3.8, 4) is 0 Å². The first kappa shape index (κ1) is 24.9. The number of amides is 1. The molecule has 0 radical (unpaired) electrons. The van der Waals surface area contributed by atoms with Gasteiger partial charge in [0.05, 0.1) is 29.6 Å². The number of fused-ring (bicyclic) bond motifs is 1. The second-order valence-electron chi connectivity index (χ2n) is 9.12. The Morgan fingerprint density at radius 3 is 2.64 bits per heavy atom. The number of nitrogens with zero attached hydrogens (tertiary/aromatic N) is 4. The van der Waals surface area contributed by atoms with Crippen LogP contribution < -0.4 is 16.4 Å². The summed E-state index contributed by atoms with van der Waals surface area (Å²) < 4.78 is 36.1. The van der Waals surface area contributed by atoms with Crippen molar-refractivity contribution in [3.63, 3.8) is 0 Å². The topological polar surface area (TPSA) is 120 Å². The third-order valence-electron chi connectivity index (χ3n) is 6.74. The molecular weight excluding hydrogens is 515 g/mol. The lowest BCUT2D eigenvalue weighted by molar-refractivity contribution is -0.122. The number of carbonyl (C=O) groups is 1. The highest BCUT2D eigenvalue weighted by molar-refractivity contribution is 6.36. The molecule has 5 rings (SSSR count). The summed E-state index contributed by atoms with van der Waals surface area (Å²) in [5, 5.41) is 6.32. The van der Waals surface area contributed by atoms with E-state index in [0.29, 0.717) is 55.8 Å². The molecule has 0 spiro atoms. The summed E-state index contributed by atoms with van der Waals surface area (Å²) in [6, 6.07) is 2.02. The first-order chi connectivity index (χ1) is 17.3. The molecule has 1 saturated heterocycles. The highest BCUT2D eigenvalue weighted by atomic mass is 35.5. The van der Waals surface area contributed by atoms with Crippen LogP contribution in [0.25, 0.3) is 11.2 Å². The second-order valence-corrected chi connectivity index (χ2v) is 9.96. The molecule has 0 bridgehead atoms. The van der Waals surface area contributed by atoms with Crippen molar-refractivity contribution in [1.29, 1.82) is 0 Å². The van der Waals surface area contributed by atoms with Gasteiger partial charge in [-0.3, -0.25) is 9.36 Å². The van der Waals surface area contributed by atoms with Crippen LogP contribution in [0.1, 0.15) is 38.1 Å². The van der Waals surface area contributed by atoms with Crippen molar-refractivity contribution in [3.05, 3.63) is 34.2 Å². The van der Waals surface area contributed by atoms with Crippen LogP contribution in [-0.2, 0) is 9.53 Å². The molecule has 3 aromatic rings. The molecule has 0 unspecified atom stereocenters. The number of ether oxygens (including phenoxy) is 1. The Morgan fingerprint density at radius 1 is 1.17 bits per heavy atom. The van der Waals surface area contributed by atoms with E-state index in [2.05, 4.69) is 25.6 Å². The maximum Gasteiger partial charge on any atom is 0.225 e. The number of aromatic nitrogens is 4. The average Bonchev–Trinajstić information content (AvgIpc) is 3.20. The third-order valence-corrected chi connectivity index (χ3v) is 7.26. The fourth-order valence-electron chi connectivity index (χ4n) is 4.82. The Balaban J connectivity index is 1.53. The summed E-state index contributed by atoms with van der Waals surface area (Å²) in [7, 11) is 0. The molecule has 1 saturated carbocycles. The maximum atomic E-state index is 14.7. The van der Waals surface area contributed by atoms with Crippen LogP contribution in [0.2, 0.25) is 10.0 Å². The Labute approximate surface area is 215 Å². The van der Waals surface area contributed by atoms with Crippen molar-refractivity contribution < 1.29 is 18.3 Å². The highest BCUT2D eigenvalue weighted by Gasteiger charge is 2.30. The number of carbonyl (C=O) groups excluding carboxylic acids is 1. The summed E-state index contributed by atoms with van der Waals surface area (Å²) in [6.07, 6.45) is 3.34. The van der Waals surface area contributed by atoms with E-state index in [0.717, 1.165) is 6.07 Å². The minimum atomic E-state index is -1.18. The average molecular weight is 540 g/mol. The number of alkyl halides is 1. The number of primary amides is 1. The number of nitrogens with one attached hydrogen (secondary N) is 2. The van der Waals surface area contributed by atoms with Gasteiger partial charge in [-0.05, 0) is 44.2 Å². The minimum Gasteiger partial charge on any atom is -0.378 e. The minimum absolute atomic E-state index is 0.0163. The van der Waals surface area contributed by atoms with Crippen molar-refractivity contribution in [2.45, 2.75) is 50.4 Å². The molecule has 192 valence electrons. The van der Waals surface area contributed by atoms with Gasteiger partial charge < -0.3 is 21.1 Å². The van der Waals surface area contributed by atoms with E-state index in [4.69, 9.17) is 33.7 Å². The zero-order chi connectivity index (χ0) is 25.4. The molecule has 2 atom stereocenters. The molecule has 2 aliphatic rings. The Morgan fingerprint density at radius 2 is 1.94 bits per heavy atom. The van der Waals surface area contributed by atoms with E-state index in [1.807, 2.05) is 4.57 Å². The van der Waals surface area contributed by atoms with Crippen molar-refractivity contribution >= 4 is 57.9 Å². The SMILES string of the molecule is NC(=O)[C@H]1CC[C@@H](n2c(Nc3c(F)cc(Cl)cc3Cl)nc3cnc(N[C@@H]4CCOC[C@H]4F)nc32)CC1. The molecule has 13 heteroatoms. The highest BCUT2D eigenvalue weighted by Crippen LogP contribution is 2.38. The lowest BCUT2D eigenvalue weighted by atomic mass is 9.85. The van der Waals surface area contributed by atoms with Gasteiger partial charge in [0.2, 0.25) is 17.8 Å². The number of rotatable bonds is 6. The zero-order valence-corrected chi connectivity index (χ0v) is 20.7. The van der Waals surface area contributed by atoms with E-state index < -0.39 is 18.0 Å². The Hall–Kier alpha value is -2.76. The number of benzene rings is 1. The van der Waals surface area contributed by atoms with Crippen LogP contribution in [-0.4, -0.2) is 50.9 Å². The largest absolute Gasteiger partial charge is 0.378 e. The predicted octanol–water partition coefficient (Wildman–Crippen LogP) is 4.77. The molecule has 1 aliphatic carbocycles. The fraction of sp³-hybridized carbons (Fsp3) is 0.478. The molecule has 3 heterocycles. The van der Waals surface area contributed by atoms with E-state index in [1.54, 1.807) is 0 Å². The number of halogens is 4. The number of anilines is 3. The van der Waals surface area contributed by atoms with Gasteiger partial charge >= 0.3 is 0 Å². The number of hydrogen-bond donors (Lipinski definition) is 3. The third kappa shape index (κ3) is 5.05. The van der Waals surface area contributed by atoms with Crippen molar-refractivity contribution in [2.75, 3.05) is 23.8 Å². The molecule has 2 aromatic heterocycles. The molecule has 1 amide bonds. The Kier molecular flexibility index (Phi) is 7.14. The van der Waals surface area contributed by atoms with Gasteiger partial charge in [-0.15, -0.1) is 0 Å². The van der Waals surface area contributed by atoms with Gasteiger partial charge in [0.1, 0.15) is 17.5 Å². The predicted molar refractivity (Wildman–Crippen MR) is 133 cm³/mol. The molecule has 1 aromatic carbocycles. The van der Waals surface area contributed by atoms with Gasteiger partial charge in [-0.2, -0.15) is 4.98 Å². The quantitative estimate of drug-likeness (QED) is 0.412. The van der Waals surface area contributed by atoms with E-state index >= 15 is 0 Å². The van der Waals surface area contributed by atoms with Crippen LogP contribution in [0.15, 0.2) is 18.3 Å². The number of imidazole rings is 1. The van der Waals surface area contributed by atoms with Gasteiger partial charge in [0.15, 0.2) is 5.65 Å². The first-order valence-corrected chi connectivity index (χ1v) is 12.5. The fourth-order valence-corrected chi connectivity index (χ4v) is 5.33. The van der Waals surface area contributed by atoms with Gasteiger partial charge in [-0.25, -0.2) is 18.7 Å². The molecule has 4 N–H and O–H groups in total. The summed E-state index contributed by atoms with van der Waals surface area (Å²) >= 11 is 12.2. The van der Waals surface area contributed by atoms with Gasteiger partial charge in [0.25, 0.3) is 0 Å². The zero-order valence-electron chi connectivity index (χ0n) is 19.2. The number of hydrogen-bond acceptors (Lipinski definition) is 7. The van der Waals surface area contributed by atoms with E-state index in [9.17, 15) is 13.6 Å². The van der Waals surface area contributed by atoms with Crippen LogP contribution in [0.5, 0.6) is 0 Å². The summed E-state index contributed by atoms with van der Waals surface area (Å²) in [5.41, 5.74) is 6.50. The molecule has 1 aliphatic heterocycles. The van der Waals surface area contributed by atoms with Crippen LogP contribution >= 0.6 is 23.2 Å². The summed E-state index contributed by atoms with van der Waals surface area (Å²) in [6.45, 7) is 0.464. The second kappa shape index (κ2) is 10.3. The molecule has 36 heavy (non-hydrogen) atoms. The summed E-state index contributed by atoms with van der Waals surface area (Å²) in [5.74, 6) is -0.575. The maximum absolute atomic E-state index is 14.7.